The Morgan fingerprint density at radius 3 is 2.88 bits per heavy atom. The Morgan fingerprint density at radius 2 is 2.25 bits per heavy atom. The number of nitrogens with two attached hydrogens (primary N) is 1. The van der Waals surface area contributed by atoms with Gasteiger partial charge < -0.3 is 10.1 Å². The number of imidazole rings is 1. The van der Waals surface area contributed by atoms with Crippen LogP contribution in [0.25, 0.3) is 5.65 Å². The van der Waals surface area contributed by atoms with Gasteiger partial charge in [-0.3, -0.25) is 4.79 Å². The molecule has 0 aromatic carbocycles. The van der Waals surface area contributed by atoms with Crippen LogP contribution in [-0.2, 0) is 17.6 Å². The maximum Gasteiger partial charge on any atom is 0.223 e. The van der Waals surface area contributed by atoms with Gasteiger partial charge in [-0.05, 0) is 25.0 Å². The SMILES string of the molecule is CCc1ccc2nc(C)c(CC(N)=O)n2c1. The lowest BCUT2D eigenvalue weighted by Gasteiger charge is -2.02. The van der Waals surface area contributed by atoms with E-state index in [0.717, 1.165) is 23.5 Å². The summed E-state index contributed by atoms with van der Waals surface area (Å²) in [4.78, 5) is 15.4. The summed E-state index contributed by atoms with van der Waals surface area (Å²) in [6, 6.07) is 4.02. The van der Waals surface area contributed by atoms with Crippen LogP contribution < -0.4 is 5.73 Å². The van der Waals surface area contributed by atoms with E-state index in [-0.39, 0.29) is 12.3 Å². The molecular weight excluding hydrogens is 202 g/mol. The molecule has 0 aliphatic carbocycles. The maximum atomic E-state index is 11.0. The summed E-state index contributed by atoms with van der Waals surface area (Å²) in [6.07, 6.45) is 3.22. The van der Waals surface area contributed by atoms with Crippen molar-refractivity contribution in [2.45, 2.75) is 26.7 Å². The smallest absolute Gasteiger partial charge is 0.223 e. The number of carbonyl (C=O) groups is 1. The molecule has 1 amide bonds. The zero-order valence-electron chi connectivity index (χ0n) is 9.53. The normalized spacial score (nSPS) is 10.9. The number of fused-ring (bicyclic) bond motifs is 1. The van der Waals surface area contributed by atoms with E-state index in [4.69, 9.17) is 5.73 Å². The molecule has 0 saturated carbocycles. The van der Waals surface area contributed by atoms with Crippen LogP contribution in [0.2, 0.25) is 0 Å². The van der Waals surface area contributed by atoms with Crippen molar-refractivity contribution in [3.63, 3.8) is 0 Å². The minimum absolute atomic E-state index is 0.236. The zero-order chi connectivity index (χ0) is 11.7. The molecule has 2 aromatic rings. The third kappa shape index (κ3) is 1.78. The minimum Gasteiger partial charge on any atom is -0.369 e. The van der Waals surface area contributed by atoms with Crippen LogP contribution in [0.1, 0.15) is 23.9 Å². The van der Waals surface area contributed by atoms with Gasteiger partial charge in [0.05, 0.1) is 17.8 Å². The van der Waals surface area contributed by atoms with Gasteiger partial charge in [0.25, 0.3) is 0 Å². The quantitative estimate of drug-likeness (QED) is 0.840. The van der Waals surface area contributed by atoms with Crippen molar-refractivity contribution in [2.24, 2.45) is 5.73 Å². The van der Waals surface area contributed by atoms with Gasteiger partial charge >= 0.3 is 0 Å². The van der Waals surface area contributed by atoms with Gasteiger partial charge in [0.2, 0.25) is 5.91 Å². The number of aromatic nitrogens is 2. The molecule has 0 fully saturated rings. The van der Waals surface area contributed by atoms with Crippen LogP contribution >= 0.6 is 0 Å². The first-order valence-electron chi connectivity index (χ1n) is 5.36. The van der Waals surface area contributed by atoms with Gasteiger partial charge in [-0.1, -0.05) is 13.0 Å². The second kappa shape index (κ2) is 3.96. The van der Waals surface area contributed by atoms with Crippen molar-refractivity contribution in [2.75, 3.05) is 0 Å². The monoisotopic (exact) mass is 217 g/mol. The van der Waals surface area contributed by atoms with E-state index in [1.165, 1.54) is 5.56 Å². The number of hydrogen-bond acceptors (Lipinski definition) is 2. The summed E-state index contributed by atoms with van der Waals surface area (Å²) in [6.45, 7) is 4.00. The van der Waals surface area contributed by atoms with Crippen molar-refractivity contribution < 1.29 is 4.79 Å². The average molecular weight is 217 g/mol. The molecule has 4 heteroatoms. The highest BCUT2D eigenvalue weighted by Gasteiger charge is 2.10. The lowest BCUT2D eigenvalue weighted by atomic mass is 10.2. The number of nitrogens with zero attached hydrogens (tertiary/aromatic N) is 2. The highest BCUT2D eigenvalue weighted by molar-refractivity contribution is 5.76. The van der Waals surface area contributed by atoms with Crippen molar-refractivity contribution in [3.8, 4) is 0 Å². The fourth-order valence-corrected chi connectivity index (χ4v) is 1.84. The summed E-state index contributed by atoms with van der Waals surface area (Å²) >= 11 is 0. The predicted molar refractivity (Wildman–Crippen MR) is 62.2 cm³/mol. The predicted octanol–water partition coefficient (Wildman–Crippen LogP) is 1.23. The third-order valence-electron chi connectivity index (χ3n) is 2.73. The van der Waals surface area contributed by atoms with Gasteiger partial charge in [0.15, 0.2) is 0 Å². The Bertz CT molecular complexity index is 542. The fourth-order valence-electron chi connectivity index (χ4n) is 1.84. The van der Waals surface area contributed by atoms with Crippen molar-refractivity contribution in [1.29, 1.82) is 0 Å². The zero-order valence-corrected chi connectivity index (χ0v) is 9.53. The largest absolute Gasteiger partial charge is 0.369 e. The summed E-state index contributed by atoms with van der Waals surface area (Å²) < 4.78 is 1.96. The highest BCUT2D eigenvalue weighted by atomic mass is 16.1. The van der Waals surface area contributed by atoms with Crippen molar-refractivity contribution in [1.82, 2.24) is 9.38 Å². The van der Waals surface area contributed by atoms with Crippen LogP contribution in [0.5, 0.6) is 0 Å². The third-order valence-corrected chi connectivity index (χ3v) is 2.73. The van der Waals surface area contributed by atoms with E-state index < -0.39 is 0 Å². The van der Waals surface area contributed by atoms with E-state index in [2.05, 4.69) is 18.0 Å². The molecule has 0 aliphatic heterocycles. The molecule has 2 N–H and O–H groups in total. The molecule has 2 aromatic heterocycles. The van der Waals surface area contributed by atoms with Gasteiger partial charge in [0, 0.05) is 6.20 Å². The van der Waals surface area contributed by atoms with Crippen LogP contribution in [0.15, 0.2) is 18.3 Å². The molecular formula is C12H15N3O. The topological polar surface area (TPSA) is 60.4 Å². The maximum absolute atomic E-state index is 11.0. The summed E-state index contributed by atoms with van der Waals surface area (Å²) in [7, 11) is 0. The number of hydrogen-bond donors (Lipinski definition) is 1. The first-order chi connectivity index (χ1) is 7.61. The van der Waals surface area contributed by atoms with E-state index in [0.29, 0.717) is 0 Å². The van der Waals surface area contributed by atoms with Crippen LogP contribution in [-0.4, -0.2) is 15.3 Å². The van der Waals surface area contributed by atoms with Crippen LogP contribution in [0.3, 0.4) is 0 Å². The number of rotatable bonds is 3. The van der Waals surface area contributed by atoms with E-state index in [1.807, 2.05) is 23.6 Å². The molecule has 0 bridgehead atoms. The molecule has 0 aliphatic rings. The number of pyridine rings is 1. The van der Waals surface area contributed by atoms with Crippen molar-refractivity contribution >= 4 is 11.6 Å². The fraction of sp³-hybridized carbons (Fsp3) is 0.333. The first kappa shape index (κ1) is 10.7. The summed E-state index contributed by atoms with van der Waals surface area (Å²) in [5.41, 5.74) is 9.07. The number of carbonyl (C=O) groups excluding carboxylic acids is 1. The minimum atomic E-state index is -0.327. The van der Waals surface area contributed by atoms with Crippen molar-refractivity contribution in [3.05, 3.63) is 35.3 Å². The van der Waals surface area contributed by atoms with Crippen LogP contribution in [0, 0.1) is 6.92 Å². The molecule has 0 unspecified atom stereocenters. The van der Waals surface area contributed by atoms with E-state index in [1.54, 1.807) is 0 Å². The second-order valence-electron chi connectivity index (χ2n) is 3.91. The van der Waals surface area contributed by atoms with E-state index in [9.17, 15) is 4.79 Å². The number of aryl methyl sites for hydroxylation is 2. The molecule has 0 atom stereocenters. The molecule has 2 rings (SSSR count). The Morgan fingerprint density at radius 1 is 1.50 bits per heavy atom. The van der Waals surface area contributed by atoms with Gasteiger partial charge in [-0.2, -0.15) is 0 Å². The first-order valence-corrected chi connectivity index (χ1v) is 5.36. The highest BCUT2D eigenvalue weighted by Crippen LogP contribution is 2.14. The molecule has 16 heavy (non-hydrogen) atoms. The Balaban J connectivity index is 2.61. The number of primary amides is 1. The molecule has 0 spiro atoms. The second-order valence-corrected chi connectivity index (χ2v) is 3.91. The van der Waals surface area contributed by atoms with Gasteiger partial charge in [-0.15, -0.1) is 0 Å². The molecule has 0 saturated heterocycles. The molecule has 0 radical (unpaired) electrons. The summed E-state index contributed by atoms with van der Waals surface area (Å²) in [5, 5.41) is 0. The number of amides is 1. The lowest BCUT2D eigenvalue weighted by molar-refractivity contribution is -0.117. The molecule has 2 heterocycles. The standard InChI is InChI=1S/C12H15N3O/c1-3-9-4-5-12-14-8(2)10(6-11(13)16)15(12)7-9/h4-5,7H,3,6H2,1-2H3,(H2,13,16). The van der Waals surface area contributed by atoms with Gasteiger partial charge in [-0.25, -0.2) is 4.98 Å². The Hall–Kier alpha value is -1.84. The Labute approximate surface area is 94.1 Å². The lowest BCUT2D eigenvalue weighted by Crippen LogP contribution is -2.15. The Kier molecular flexibility index (Phi) is 2.64. The molecule has 84 valence electrons. The van der Waals surface area contributed by atoms with E-state index >= 15 is 0 Å². The van der Waals surface area contributed by atoms with Gasteiger partial charge in [0.1, 0.15) is 5.65 Å². The average Bonchev–Trinajstić information content (AvgIpc) is 2.54. The summed E-state index contributed by atoms with van der Waals surface area (Å²) in [5.74, 6) is -0.327. The van der Waals surface area contributed by atoms with Crippen LogP contribution in [0.4, 0.5) is 0 Å². The molecule has 4 nitrogen and oxygen atoms in total.